The zero-order chi connectivity index (χ0) is 14.9. The van der Waals surface area contributed by atoms with Gasteiger partial charge in [-0.05, 0) is 32.5 Å². The molecule has 1 saturated heterocycles. The van der Waals surface area contributed by atoms with E-state index in [4.69, 9.17) is 9.47 Å². The summed E-state index contributed by atoms with van der Waals surface area (Å²) in [6.07, 6.45) is 2.81. The Morgan fingerprint density at radius 1 is 1.38 bits per heavy atom. The van der Waals surface area contributed by atoms with E-state index in [1.165, 1.54) is 18.4 Å². The molecule has 0 bridgehead atoms. The average molecular weight is 292 g/mol. The van der Waals surface area contributed by atoms with Crippen LogP contribution in [-0.4, -0.2) is 50.9 Å². The van der Waals surface area contributed by atoms with Crippen molar-refractivity contribution in [2.75, 3.05) is 39.9 Å². The fourth-order valence-electron chi connectivity index (χ4n) is 2.59. The van der Waals surface area contributed by atoms with E-state index in [2.05, 4.69) is 36.3 Å². The number of rotatable bonds is 9. The minimum absolute atomic E-state index is 0.413. The molecule has 0 aromatic heterocycles. The number of ether oxygens (including phenoxy) is 2. The third kappa shape index (κ3) is 5.65. The molecule has 1 aliphatic heterocycles. The van der Waals surface area contributed by atoms with Gasteiger partial charge in [0.15, 0.2) is 0 Å². The SMILES string of the molecule is CCNCc1ccccc1OCCN(C)CC1CCCO1. The molecule has 0 amide bonds. The Balaban J connectivity index is 1.72. The molecule has 1 aliphatic rings. The molecule has 0 spiro atoms. The van der Waals surface area contributed by atoms with Gasteiger partial charge in [0.1, 0.15) is 12.4 Å². The second-order valence-corrected chi connectivity index (χ2v) is 5.63. The van der Waals surface area contributed by atoms with Gasteiger partial charge in [-0.15, -0.1) is 0 Å². The van der Waals surface area contributed by atoms with E-state index in [0.29, 0.717) is 12.7 Å². The summed E-state index contributed by atoms with van der Waals surface area (Å²) in [7, 11) is 2.13. The molecule has 1 fully saturated rings. The first-order valence-electron chi connectivity index (χ1n) is 8.01. The molecular formula is C17H28N2O2. The van der Waals surface area contributed by atoms with Crippen molar-refractivity contribution in [2.45, 2.75) is 32.4 Å². The van der Waals surface area contributed by atoms with Crippen LogP contribution < -0.4 is 10.1 Å². The van der Waals surface area contributed by atoms with Crippen LogP contribution >= 0.6 is 0 Å². The molecule has 1 heterocycles. The largest absolute Gasteiger partial charge is 0.492 e. The highest BCUT2D eigenvalue weighted by Crippen LogP contribution is 2.18. The molecule has 0 aliphatic carbocycles. The van der Waals surface area contributed by atoms with Gasteiger partial charge in [-0.1, -0.05) is 25.1 Å². The van der Waals surface area contributed by atoms with E-state index in [0.717, 1.165) is 38.5 Å². The molecule has 4 nitrogen and oxygen atoms in total. The highest BCUT2D eigenvalue weighted by molar-refractivity contribution is 5.33. The fraction of sp³-hybridized carbons (Fsp3) is 0.647. The van der Waals surface area contributed by atoms with Crippen LogP contribution in [0.15, 0.2) is 24.3 Å². The summed E-state index contributed by atoms with van der Waals surface area (Å²) in [5.41, 5.74) is 1.22. The van der Waals surface area contributed by atoms with Crippen molar-refractivity contribution in [1.29, 1.82) is 0 Å². The van der Waals surface area contributed by atoms with Gasteiger partial charge in [0.05, 0.1) is 6.10 Å². The number of para-hydroxylation sites is 1. The number of nitrogens with one attached hydrogen (secondary N) is 1. The maximum Gasteiger partial charge on any atom is 0.123 e. The van der Waals surface area contributed by atoms with E-state index in [9.17, 15) is 0 Å². The Morgan fingerprint density at radius 2 is 2.24 bits per heavy atom. The van der Waals surface area contributed by atoms with Crippen LogP contribution in [0.3, 0.4) is 0 Å². The molecular weight excluding hydrogens is 264 g/mol. The van der Waals surface area contributed by atoms with Crippen molar-refractivity contribution in [3.05, 3.63) is 29.8 Å². The van der Waals surface area contributed by atoms with Gasteiger partial charge in [0, 0.05) is 31.8 Å². The molecule has 1 unspecified atom stereocenters. The second kappa shape index (κ2) is 9.03. The third-order valence-corrected chi connectivity index (χ3v) is 3.81. The molecule has 1 N–H and O–H groups in total. The minimum Gasteiger partial charge on any atom is -0.492 e. The van der Waals surface area contributed by atoms with E-state index in [1.54, 1.807) is 0 Å². The topological polar surface area (TPSA) is 33.7 Å². The molecule has 4 heteroatoms. The Morgan fingerprint density at radius 3 is 3.00 bits per heavy atom. The molecule has 1 aromatic rings. The summed E-state index contributed by atoms with van der Waals surface area (Å²) in [6.45, 7) is 7.51. The highest BCUT2D eigenvalue weighted by Gasteiger charge is 2.17. The average Bonchev–Trinajstić information content (AvgIpc) is 2.99. The molecule has 1 atom stereocenters. The third-order valence-electron chi connectivity index (χ3n) is 3.81. The minimum atomic E-state index is 0.413. The van der Waals surface area contributed by atoms with E-state index < -0.39 is 0 Å². The van der Waals surface area contributed by atoms with Crippen LogP contribution in [0.2, 0.25) is 0 Å². The maximum atomic E-state index is 5.95. The maximum absolute atomic E-state index is 5.95. The lowest BCUT2D eigenvalue weighted by Gasteiger charge is -2.21. The van der Waals surface area contributed by atoms with Crippen molar-refractivity contribution in [3.63, 3.8) is 0 Å². The van der Waals surface area contributed by atoms with Crippen molar-refractivity contribution < 1.29 is 9.47 Å². The Bertz CT molecular complexity index is 406. The van der Waals surface area contributed by atoms with Crippen LogP contribution in [0.1, 0.15) is 25.3 Å². The van der Waals surface area contributed by atoms with Crippen LogP contribution in [0.5, 0.6) is 5.75 Å². The number of nitrogens with zero attached hydrogens (tertiary/aromatic N) is 1. The first kappa shape index (κ1) is 16.3. The monoisotopic (exact) mass is 292 g/mol. The van der Waals surface area contributed by atoms with Gasteiger partial charge >= 0.3 is 0 Å². The normalized spacial score (nSPS) is 18.3. The predicted octanol–water partition coefficient (Wildman–Crippen LogP) is 2.29. The summed E-state index contributed by atoms with van der Waals surface area (Å²) in [6, 6.07) is 8.25. The number of benzene rings is 1. The van der Waals surface area contributed by atoms with E-state index >= 15 is 0 Å². The second-order valence-electron chi connectivity index (χ2n) is 5.63. The van der Waals surface area contributed by atoms with Crippen molar-refractivity contribution >= 4 is 0 Å². The van der Waals surface area contributed by atoms with Crippen LogP contribution in [0, 0.1) is 0 Å². The summed E-state index contributed by atoms with van der Waals surface area (Å²) in [5.74, 6) is 0.990. The summed E-state index contributed by atoms with van der Waals surface area (Å²) in [4.78, 5) is 2.29. The van der Waals surface area contributed by atoms with Gasteiger partial charge in [-0.3, -0.25) is 0 Å². The van der Waals surface area contributed by atoms with Crippen molar-refractivity contribution in [3.8, 4) is 5.75 Å². The number of likely N-dealkylation sites (N-methyl/N-ethyl adjacent to an activating group) is 1. The van der Waals surface area contributed by atoms with E-state index in [1.807, 2.05) is 12.1 Å². The summed E-state index contributed by atoms with van der Waals surface area (Å²) in [5, 5.41) is 3.35. The summed E-state index contributed by atoms with van der Waals surface area (Å²) >= 11 is 0. The molecule has 118 valence electrons. The lowest BCUT2D eigenvalue weighted by Crippen LogP contribution is -2.32. The fourth-order valence-corrected chi connectivity index (χ4v) is 2.59. The Kier molecular flexibility index (Phi) is 7.00. The van der Waals surface area contributed by atoms with Gasteiger partial charge in [-0.2, -0.15) is 0 Å². The lowest BCUT2D eigenvalue weighted by atomic mass is 10.2. The van der Waals surface area contributed by atoms with Crippen molar-refractivity contribution in [2.24, 2.45) is 0 Å². The smallest absolute Gasteiger partial charge is 0.123 e. The van der Waals surface area contributed by atoms with Crippen molar-refractivity contribution in [1.82, 2.24) is 10.2 Å². The van der Waals surface area contributed by atoms with Gasteiger partial charge < -0.3 is 19.7 Å². The highest BCUT2D eigenvalue weighted by atomic mass is 16.5. The zero-order valence-electron chi connectivity index (χ0n) is 13.3. The van der Waals surface area contributed by atoms with Crippen LogP contribution in [0.25, 0.3) is 0 Å². The molecule has 1 aromatic carbocycles. The Labute approximate surface area is 128 Å². The molecule has 21 heavy (non-hydrogen) atoms. The van der Waals surface area contributed by atoms with Crippen LogP contribution in [0.4, 0.5) is 0 Å². The standard InChI is InChI=1S/C17H28N2O2/c1-3-18-13-15-7-4-5-9-17(15)21-12-10-19(2)14-16-8-6-11-20-16/h4-5,7,9,16,18H,3,6,8,10-14H2,1-2H3. The molecule has 2 rings (SSSR count). The zero-order valence-corrected chi connectivity index (χ0v) is 13.3. The van der Waals surface area contributed by atoms with Crippen LogP contribution in [-0.2, 0) is 11.3 Å². The van der Waals surface area contributed by atoms with Gasteiger partial charge in [0.25, 0.3) is 0 Å². The quantitative estimate of drug-likeness (QED) is 0.757. The molecule has 0 saturated carbocycles. The number of hydrogen-bond acceptors (Lipinski definition) is 4. The summed E-state index contributed by atoms with van der Waals surface area (Å²) < 4.78 is 11.6. The number of hydrogen-bond donors (Lipinski definition) is 1. The molecule has 0 radical (unpaired) electrons. The van der Waals surface area contributed by atoms with E-state index in [-0.39, 0.29) is 0 Å². The first-order chi connectivity index (χ1) is 10.3. The first-order valence-corrected chi connectivity index (χ1v) is 8.01. The van der Waals surface area contributed by atoms with Gasteiger partial charge in [-0.25, -0.2) is 0 Å². The Hall–Kier alpha value is -1.10. The predicted molar refractivity (Wildman–Crippen MR) is 85.8 cm³/mol. The lowest BCUT2D eigenvalue weighted by molar-refractivity contribution is 0.0771. The van der Waals surface area contributed by atoms with Gasteiger partial charge in [0.2, 0.25) is 0 Å².